The minimum atomic E-state index is -0.889. The molecule has 7 nitrogen and oxygen atoms in total. The van der Waals surface area contributed by atoms with Gasteiger partial charge in [0.05, 0.1) is 42.2 Å². The van der Waals surface area contributed by atoms with E-state index in [2.05, 4.69) is 78.7 Å². The van der Waals surface area contributed by atoms with E-state index in [1.807, 2.05) is 32.1 Å². The lowest BCUT2D eigenvalue weighted by molar-refractivity contribution is 0.0952. The van der Waals surface area contributed by atoms with E-state index in [0.29, 0.717) is 24.5 Å². The Morgan fingerprint density at radius 2 is 1.50 bits per heavy atom. The van der Waals surface area contributed by atoms with Crippen molar-refractivity contribution in [2.24, 2.45) is 0 Å². The van der Waals surface area contributed by atoms with Gasteiger partial charge >= 0.3 is 0 Å². The van der Waals surface area contributed by atoms with Crippen molar-refractivity contribution < 1.29 is 14.2 Å². The fraction of sp³-hybridized carbons (Fsp3) is 0.417. The Balaban J connectivity index is 2.10. The monoisotopic (exact) mass is 610 g/mol. The molecule has 1 aliphatic rings. The molecule has 3 rings (SSSR count). The number of hydrogen-bond donors (Lipinski definition) is 0. The van der Waals surface area contributed by atoms with Crippen LogP contribution < -0.4 is 14.4 Å². The van der Waals surface area contributed by atoms with E-state index < -0.39 is 5.60 Å². The molecule has 0 unspecified atom stereocenters. The minimum absolute atomic E-state index is 0.0342. The summed E-state index contributed by atoms with van der Waals surface area (Å²) in [6.45, 7) is 30.5. The molecule has 1 aliphatic heterocycles. The summed E-state index contributed by atoms with van der Waals surface area (Å²) in [6.07, 6.45) is 11.8. The van der Waals surface area contributed by atoms with Gasteiger partial charge in [0.1, 0.15) is 11.4 Å². The molecule has 1 aromatic heterocycles. The average molecular weight is 611 g/mol. The summed E-state index contributed by atoms with van der Waals surface area (Å²) in [5, 5.41) is 9.44. The van der Waals surface area contributed by atoms with Crippen molar-refractivity contribution in [3.05, 3.63) is 91.2 Å². The van der Waals surface area contributed by atoms with Crippen molar-refractivity contribution in [1.29, 1.82) is 5.26 Å². The van der Waals surface area contributed by atoms with E-state index in [0.717, 1.165) is 59.8 Å². The highest BCUT2D eigenvalue weighted by atomic mass is 32.1. The standard InChI is InChI=1S/C36H42N4O3S/c1-9-13-23-41-34-30(21-17-26-15-18-27(19-16-26)40(11-3)12-4)44-31(35(34)42-24-14-10-2)22-20-28-32(39-8)33(29(25-37)38-7)43-36(28,5)6/h15-22H,9-14,23-24H2,1-6H3. The third kappa shape index (κ3) is 8.13. The van der Waals surface area contributed by atoms with Crippen molar-refractivity contribution in [3.8, 4) is 17.6 Å². The number of unbranched alkanes of at least 4 members (excludes halogenated alkanes) is 2. The first kappa shape index (κ1) is 34.0. The molecule has 0 bridgehead atoms. The van der Waals surface area contributed by atoms with Gasteiger partial charge < -0.3 is 19.1 Å². The first-order chi connectivity index (χ1) is 21.3. The maximum atomic E-state index is 9.44. The summed E-state index contributed by atoms with van der Waals surface area (Å²) in [5.41, 5.74) is 1.95. The summed E-state index contributed by atoms with van der Waals surface area (Å²) in [7, 11) is 0. The molecular formula is C36H42N4O3S. The van der Waals surface area contributed by atoms with Crippen molar-refractivity contribution in [2.75, 3.05) is 31.2 Å². The molecule has 0 N–H and O–H groups in total. The molecule has 2 aromatic rings. The third-order valence-corrected chi connectivity index (χ3v) is 8.32. The summed E-state index contributed by atoms with van der Waals surface area (Å²) in [4.78, 5) is 11.1. The quantitative estimate of drug-likeness (QED) is 0.114. The van der Waals surface area contributed by atoms with Crippen molar-refractivity contribution in [2.45, 2.75) is 72.8 Å². The number of hydrogen-bond acceptors (Lipinski definition) is 6. The minimum Gasteiger partial charge on any atom is -0.505 e. The lowest BCUT2D eigenvalue weighted by atomic mass is 9.97. The second kappa shape index (κ2) is 16.4. The maximum absolute atomic E-state index is 9.44. The predicted molar refractivity (Wildman–Crippen MR) is 181 cm³/mol. The van der Waals surface area contributed by atoms with Gasteiger partial charge in [0.15, 0.2) is 11.5 Å². The number of allylic oxidation sites excluding steroid dienone is 1. The smallest absolute Gasteiger partial charge is 0.292 e. The van der Waals surface area contributed by atoms with Gasteiger partial charge in [0.2, 0.25) is 5.70 Å². The van der Waals surface area contributed by atoms with Crippen LogP contribution in [0.4, 0.5) is 5.69 Å². The summed E-state index contributed by atoms with van der Waals surface area (Å²) in [6, 6.07) is 10.4. The Hall–Kier alpha value is -4.45. The van der Waals surface area contributed by atoms with Crippen LogP contribution in [0.15, 0.2) is 53.1 Å². The largest absolute Gasteiger partial charge is 0.505 e. The molecule has 1 aromatic carbocycles. The van der Waals surface area contributed by atoms with E-state index >= 15 is 0 Å². The molecule has 0 saturated carbocycles. The second-order valence-corrected chi connectivity index (χ2v) is 11.8. The first-order valence-corrected chi connectivity index (χ1v) is 16.1. The normalized spacial score (nSPS) is 15.2. The van der Waals surface area contributed by atoms with Crippen LogP contribution in [0.5, 0.6) is 11.5 Å². The Morgan fingerprint density at radius 3 is 1.98 bits per heavy atom. The SMILES string of the molecule is [C-]#[N+]C(C#N)=C1OC(C)(C)C(C=Cc2sc(C=Cc3ccc(N(CC)CC)cc3)c(OCCCC)c2OCCCC)=C1[N+]#[C-]. The Bertz CT molecular complexity index is 1520. The molecule has 0 radical (unpaired) electrons. The molecule has 0 aliphatic carbocycles. The Morgan fingerprint density at radius 1 is 0.932 bits per heavy atom. The van der Waals surface area contributed by atoms with Crippen LogP contribution >= 0.6 is 11.3 Å². The van der Waals surface area contributed by atoms with Crippen LogP contribution in [0.25, 0.3) is 27.9 Å². The lowest BCUT2D eigenvalue weighted by Gasteiger charge is -2.22. The summed E-state index contributed by atoms with van der Waals surface area (Å²) < 4.78 is 18.7. The molecule has 0 amide bonds. The molecular weight excluding hydrogens is 568 g/mol. The summed E-state index contributed by atoms with van der Waals surface area (Å²) in [5.74, 6) is 1.44. The number of thiophene rings is 1. The number of nitrogens with zero attached hydrogens (tertiary/aromatic N) is 4. The van der Waals surface area contributed by atoms with Gasteiger partial charge in [-0.25, -0.2) is 15.0 Å². The molecule has 8 heteroatoms. The number of ether oxygens (including phenoxy) is 3. The molecule has 0 fully saturated rings. The maximum Gasteiger partial charge on any atom is 0.292 e. The van der Waals surface area contributed by atoms with Crippen molar-refractivity contribution >= 4 is 35.3 Å². The Labute approximate surface area is 267 Å². The third-order valence-electron chi connectivity index (χ3n) is 7.23. The van der Waals surface area contributed by atoms with Gasteiger partial charge in [-0.2, -0.15) is 0 Å². The highest BCUT2D eigenvalue weighted by Crippen LogP contribution is 2.46. The fourth-order valence-corrected chi connectivity index (χ4v) is 5.72. The van der Waals surface area contributed by atoms with Crippen LogP contribution in [0.2, 0.25) is 0 Å². The highest BCUT2D eigenvalue weighted by Gasteiger charge is 2.38. The van der Waals surface area contributed by atoms with Crippen LogP contribution in [0.1, 0.15) is 82.5 Å². The number of anilines is 1. The van der Waals surface area contributed by atoms with Gasteiger partial charge in [-0.05, 0) is 70.4 Å². The zero-order chi connectivity index (χ0) is 32.1. The van der Waals surface area contributed by atoms with Crippen LogP contribution in [-0.2, 0) is 4.74 Å². The van der Waals surface area contributed by atoms with Crippen molar-refractivity contribution in [1.82, 2.24) is 0 Å². The molecule has 230 valence electrons. The molecule has 0 atom stereocenters. The van der Waals surface area contributed by atoms with Crippen LogP contribution in [-0.4, -0.2) is 31.9 Å². The van der Waals surface area contributed by atoms with E-state index in [1.54, 1.807) is 11.3 Å². The topological polar surface area (TPSA) is 63.4 Å². The second-order valence-electron chi connectivity index (χ2n) is 10.7. The molecule has 0 saturated heterocycles. The molecule has 2 heterocycles. The lowest BCUT2D eigenvalue weighted by Crippen LogP contribution is -2.21. The fourth-order valence-electron chi connectivity index (χ4n) is 4.72. The van der Waals surface area contributed by atoms with Crippen molar-refractivity contribution in [3.63, 3.8) is 0 Å². The first-order valence-electron chi connectivity index (χ1n) is 15.2. The van der Waals surface area contributed by atoms with Gasteiger partial charge in [-0.1, -0.05) is 51.0 Å². The van der Waals surface area contributed by atoms with Crippen LogP contribution in [0, 0.1) is 24.5 Å². The highest BCUT2D eigenvalue weighted by molar-refractivity contribution is 7.14. The van der Waals surface area contributed by atoms with E-state index in [4.69, 9.17) is 27.4 Å². The van der Waals surface area contributed by atoms with Gasteiger partial charge in [-0.15, -0.1) is 11.3 Å². The molecule has 44 heavy (non-hydrogen) atoms. The Kier molecular flexibility index (Phi) is 12.7. The van der Waals surface area contributed by atoms with E-state index in [1.165, 1.54) is 5.69 Å². The van der Waals surface area contributed by atoms with E-state index in [9.17, 15) is 5.26 Å². The van der Waals surface area contributed by atoms with Gasteiger partial charge in [0, 0.05) is 24.4 Å². The molecule has 0 spiro atoms. The number of nitriles is 1. The summed E-state index contributed by atoms with van der Waals surface area (Å²) >= 11 is 1.56. The van der Waals surface area contributed by atoms with E-state index in [-0.39, 0.29) is 17.2 Å². The van der Waals surface area contributed by atoms with Crippen LogP contribution in [0.3, 0.4) is 0 Å². The zero-order valence-electron chi connectivity index (χ0n) is 26.7. The number of benzene rings is 1. The number of rotatable bonds is 15. The zero-order valence-corrected chi connectivity index (χ0v) is 27.5. The predicted octanol–water partition coefficient (Wildman–Crippen LogP) is 9.77. The van der Waals surface area contributed by atoms with Gasteiger partial charge in [0.25, 0.3) is 5.70 Å². The van der Waals surface area contributed by atoms with Gasteiger partial charge in [-0.3, -0.25) is 0 Å². The average Bonchev–Trinajstić information content (AvgIpc) is 3.48.